The Hall–Kier alpha value is -4.04. The number of halogens is 3. The molecule has 0 aliphatic carbocycles. The van der Waals surface area contributed by atoms with Crippen LogP contribution in [0.25, 0.3) is 38.6 Å². The highest BCUT2D eigenvalue weighted by Gasteiger charge is 2.31. The van der Waals surface area contributed by atoms with Crippen molar-refractivity contribution in [3.8, 4) is 22.9 Å². The fourth-order valence-electron chi connectivity index (χ4n) is 4.05. The van der Waals surface area contributed by atoms with E-state index in [2.05, 4.69) is 6.07 Å². The molecular formula is C26H15F3N2. The zero-order valence-electron chi connectivity index (χ0n) is 16.2. The number of hydrogen-bond acceptors (Lipinski definition) is 1. The van der Waals surface area contributed by atoms with Crippen LogP contribution in [0.4, 0.5) is 13.2 Å². The van der Waals surface area contributed by atoms with E-state index in [1.807, 2.05) is 65.2 Å². The molecule has 31 heavy (non-hydrogen) atoms. The third kappa shape index (κ3) is 3.13. The first-order valence-corrected chi connectivity index (χ1v) is 9.68. The van der Waals surface area contributed by atoms with Crippen molar-refractivity contribution in [1.82, 2.24) is 4.57 Å². The minimum atomic E-state index is -4.45. The zero-order valence-corrected chi connectivity index (χ0v) is 16.2. The normalized spacial score (nSPS) is 11.7. The first kappa shape index (κ1) is 19.0. The van der Waals surface area contributed by atoms with Gasteiger partial charge in [0.15, 0.2) is 0 Å². The van der Waals surface area contributed by atoms with Crippen molar-refractivity contribution < 1.29 is 13.2 Å². The minimum absolute atomic E-state index is 0.438. The monoisotopic (exact) mass is 412 g/mol. The molecule has 0 saturated carbocycles. The lowest BCUT2D eigenvalue weighted by Crippen LogP contribution is -2.05. The summed E-state index contributed by atoms with van der Waals surface area (Å²) in [5.41, 5.74) is 3.37. The van der Waals surface area contributed by atoms with E-state index in [0.717, 1.165) is 33.5 Å². The predicted molar refractivity (Wildman–Crippen MR) is 116 cm³/mol. The topological polar surface area (TPSA) is 28.7 Å². The van der Waals surface area contributed by atoms with E-state index in [-0.39, 0.29) is 0 Å². The van der Waals surface area contributed by atoms with Crippen molar-refractivity contribution in [2.24, 2.45) is 0 Å². The molecule has 150 valence electrons. The van der Waals surface area contributed by atoms with Crippen LogP contribution in [0.2, 0.25) is 0 Å². The van der Waals surface area contributed by atoms with E-state index < -0.39 is 11.7 Å². The number of hydrogen-bond donors (Lipinski definition) is 0. The Morgan fingerprint density at radius 3 is 2.16 bits per heavy atom. The van der Waals surface area contributed by atoms with Gasteiger partial charge in [0.1, 0.15) is 0 Å². The molecule has 0 spiro atoms. The number of para-hydroxylation sites is 1. The van der Waals surface area contributed by atoms with Gasteiger partial charge in [-0.25, -0.2) is 0 Å². The second-order valence-corrected chi connectivity index (χ2v) is 7.29. The molecule has 2 nitrogen and oxygen atoms in total. The summed E-state index contributed by atoms with van der Waals surface area (Å²) in [6.45, 7) is 0. The number of rotatable bonds is 2. The van der Waals surface area contributed by atoms with Crippen LogP contribution >= 0.6 is 0 Å². The lowest BCUT2D eigenvalue weighted by Gasteiger charge is -2.15. The standard InChI is InChI=1S/C26H15F3N2/c27-26(28,29)19-11-13-22-21-8-4-5-9-23(21)31(25(22)15-19)24-14-17(16-30)10-12-20(24)18-6-2-1-3-7-18/h1-15H. The first-order chi connectivity index (χ1) is 15.0. The Labute approximate surface area is 176 Å². The van der Waals surface area contributed by atoms with E-state index in [1.54, 1.807) is 12.1 Å². The molecular weight excluding hydrogens is 397 g/mol. The molecule has 1 heterocycles. The third-order valence-electron chi connectivity index (χ3n) is 5.45. The second kappa shape index (κ2) is 7.03. The predicted octanol–water partition coefficient (Wildman–Crippen LogP) is 7.34. The van der Waals surface area contributed by atoms with E-state index in [9.17, 15) is 18.4 Å². The van der Waals surface area contributed by atoms with Gasteiger partial charge in [0.25, 0.3) is 0 Å². The van der Waals surface area contributed by atoms with Crippen molar-refractivity contribution in [2.45, 2.75) is 6.18 Å². The summed E-state index contributed by atoms with van der Waals surface area (Å²) in [6, 6.07) is 28.4. The van der Waals surface area contributed by atoms with Crippen LogP contribution in [0.5, 0.6) is 0 Å². The van der Waals surface area contributed by atoms with Gasteiger partial charge in [0, 0.05) is 16.3 Å². The van der Waals surface area contributed by atoms with Gasteiger partial charge >= 0.3 is 6.18 Å². The number of fused-ring (bicyclic) bond motifs is 3. The van der Waals surface area contributed by atoms with Gasteiger partial charge < -0.3 is 4.57 Å². The lowest BCUT2D eigenvalue weighted by molar-refractivity contribution is -0.137. The summed E-state index contributed by atoms with van der Waals surface area (Å²) in [4.78, 5) is 0. The van der Waals surface area contributed by atoms with Gasteiger partial charge in [-0.2, -0.15) is 18.4 Å². The summed E-state index contributed by atoms with van der Waals surface area (Å²) in [6.07, 6.45) is -4.45. The molecule has 1 aromatic heterocycles. The number of nitrogens with zero attached hydrogens (tertiary/aromatic N) is 2. The molecule has 0 N–H and O–H groups in total. The zero-order chi connectivity index (χ0) is 21.6. The van der Waals surface area contributed by atoms with Crippen LogP contribution in [0.1, 0.15) is 11.1 Å². The Morgan fingerprint density at radius 2 is 1.42 bits per heavy atom. The molecule has 0 aliphatic heterocycles. The van der Waals surface area contributed by atoms with Gasteiger partial charge in [-0.05, 0) is 35.9 Å². The molecule has 0 amide bonds. The van der Waals surface area contributed by atoms with E-state index >= 15 is 0 Å². The molecule has 0 atom stereocenters. The molecule has 4 aromatic carbocycles. The molecule has 5 aromatic rings. The fraction of sp³-hybridized carbons (Fsp3) is 0.0385. The number of nitriles is 1. The Balaban J connectivity index is 1.94. The summed E-state index contributed by atoms with van der Waals surface area (Å²) in [7, 11) is 0. The molecule has 0 saturated heterocycles. The van der Waals surface area contributed by atoms with Crippen LogP contribution in [0.15, 0.2) is 91.0 Å². The van der Waals surface area contributed by atoms with E-state index in [4.69, 9.17) is 0 Å². The third-order valence-corrected chi connectivity index (χ3v) is 5.45. The molecule has 0 fully saturated rings. The minimum Gasteiger partial charge on any atom is -0.309 e. The molecule has 0 bridgehead atoms. The highest BCUT2D eigenvalue weighted by atomic mass is 19.4. The van der Waals surface area contributed by atoms with Crippen LogP contribution in [0, 0.1) is 11.3 Å². The smallest absolute Gasteiger partial charge is 0.309 e. The maximum Gasteiger partial charge on any atom is 0.416 e. The molecule has 0 unspecified atom stereocenters. The van der Waals surface area contributed by atoms with Crippen LogP contribution < -0.4 is 0 Å². The number of alkyl halides is 3. The molecule has 0 radical (unpaired) electrons. The summed E-state index contributed by atoms with van der Waals surface area (Å²) in [5, 5.41) is 11.1. The van der Waals surface area contributed by atoms with Gasteiger partial charge in [0.05, 0.1) is 33.9 Å². The second-order valence-electron chi connectivity index (χ2n) is 7.29. The quantitative estimate of drug-likeness (QED) is 0.298. The van der Waals surface area contributed by atoms with Gasteiger partial charge in [0.2, 0.25) is 0 Å². The van der Waals surface area contributed by atoms with Crippen LogP contribution in [-0.4, -0.2) is 4.57 Å². The van der Waals surface area contributed by atoms with Crippen LogP contribution in [0.3, 0.4) is 0 Å². The number of aromatic nitrogens is 1. The Bertz CT molecular complexity index is 1470. The summed E-state index contributed by atoms with van der Waals surface area (Å²) in [5.74, 6) is 0. The summed E-state index contributed by atoms with van der Waals surface area (Å²) >= 11 is 0. The fourth-order valence-corrected chi connectivity index (χ4v) is 4.05. The molecule has 0 aliphatic rings. The Morgan fingerprint density at radius 1 is 0.710 bits per heavy atom. The largest absolute Gasteiger partial charge is 0.416 e. The van der Waals surface area contributed by atoms with E-state index in [0.29, 0.717) is 16.8 Å². The van der Waals surface area contributed by atoms with Crippen molar-refractivity contribution in [3.05, 3.63) is 102 Å². The average Bonchev–Trinajstić information content (AvgIpc) is 3.12. The van der Waals surface area contributed by atoms with Crippen molar-refractivity contribution in [3.63, 3.8) is 0 Å². The highest BCUT2D eigenvalue weighted by Crippen LogP contribution is 2.39. The van der Waals surface area contributed by atoms with Crippen molar-refractivity contribution in [1.29, 1.82) is 5.26 Å². The maximum absolute atomic E-state index is 13.5. The molecule has 5 heteroatoms. The lowest BCUT2D eigenvalue weighted by atomic mass is 10.0. The number of benzene rings is 4. The highest BCUT2D eigenvalue weighted by molar-refractivity contribution is 6.10. The average molecular weight is 412 g/mol. The molecule has 5 rings (SSSR count). The summed E-state index contributed by atoms with van der Waals surface area (Å²) < 4.78 is 42.4. The Kier molecular flexibility index (Phi) is 4.30. The van der Waals surface area contributed by atoms with Gasteiger partial charge in [-0.15, -0.1) is 0 Å². The van der Waals surface area contributed by atoms with E-state index in [1.165, 1.54) is 12.1 Å². The van der Waals surface area contributed by atoms with Crippen molar-refractivity contribution in [2.75, 3.05) is 0 Å². The van der Waals surface area contributed by atoms with Gasteiger partial charge in [-0.3, -0.25) is 0 Å². The van der Waals surface area contributed by atoms with Gasteiger partial charge in [-0.1, -0.05) is 60.7 Å². The maximum atomic E-state index is 13.5. The van der Waals surface area contributed by atoms with Crippen LogP contribution in [-0.2, 0) is 6.18 Å². The SMILES string of the molecule is N#Cc1ccc(-c2ccccc2)c(-n2c3ccccc3c3ccc(C(F)(F)F)cc32)c1. The first-order valence-electron chi connectivity index (χ1n) is 9.68. The van der Waals surface area contributed by atoms with Crippen molar-refractivity contribution >= 4 is 21.8 Å².